The van der Waals surface area contributed by atoms with Crippen LogP contribution in [-0.4, -0.2) is 37.4 Å². The lowest BCUT2D eigenvalue weighted by atomic mass is 10.2. The molecule has 1 aromatic rings. The molecule has 0 aliphatic carbocycles. The van der Waals surface area contributed by atoms with Gasteiger partial charge in [-0.15, -0.1) is 0 Å². The predicted molar refractivity (Wildman–Crippen MR) is 84.6 cm³/mol. The number of hydrogen-bond acceptors (Lipinski definition) is 3. The first-order chi connectivity index (χ1) is 10.4. The normalized spacial score (nSPS) is 10.2. The van der Waals surface area contributed by atoms with Gasteiger partial charge in [0.1, 0.15) is 0 Å². The topological polar surface area (TPSA) is 87.3 Å². The third kappa shape index (κ3) is 6.58. The van der Waals surface area contributed by atoms with Gasteiger partial charge < -0.3 is 16.0 Å². The SMILES string of the molecule is CC(C)C(=O)NCCNC(=O)CNC(=O)c1cccc(Cl)c1. The molecule has 3 amide bonds. The molecule has 0 saturated heterocycles. The van der Waals surface area contributed by atoms with Crippen LogP contribution >= 0.6 is 11.6 Å². The van der Waals surface area contributed by atoms with E-state index in [0.717, 1.165) is 0 Å². The van der Waals surface area contributed by atoms with Crippen LogP contribution in [0, 0.1) is 5.92 Å². The van der Waals surface area contributed by atoms with Crippen LogP contribution in [0.2, 0.25) is 5.02 Å². The van der Waals surface area contributed by atoms with Gasteiger partial charge in [0.05, 0.1) is 6.54 Å². The Balaban J connectivity index is 2.23. The molecule has 22 heavy (non-hydrogen) atoms. The monoisotopic (exact) mass is 325 g/mol. The summed E-state index contributed by atoms with van der Waals surface area (Å²) in [5.41, 5.74) is 0.393. The van der Waals surface area contributed by atoms with Gasteiger partial charge in [-0.2, -0.15) is 0 Å². The van der Waals surface area contributed by atoms with Crippen molar-refractivity contribution in [2.45, 2.75) is 13.8 Å². The Kier molecular flexibility index (Phi) is 7.39. The summed E-state index contributed by atoms with van der Waals surface area (Å²) in [5.74, 6) is -0.851. The highest BCUT2D eigenvalue weighted by molar-refractivity contribution is 6.30. The highest BCUT2D eigenvalue weighted by Crippen LogP contribution is 2.10. The van der Waals surface area contributed by atoms with E-state index in [1.807, 2.05) is 0 Å². The molecule has 0 aromatic heterocycles. The number of hydrogen-bond donors (Lipinski definition) is 3. The number of rotatable bonds is 7. The molecule has 120 valence electrons. The van der Waals surface area contributed by atoms with Crippen molar-refractivity contribution in [3.05, 3.63) is 34.9 Å². The van der Waals surface area contributed by atoms with E-state index in [0.29, 0.717) is 23.7 Å². The molecule has 3 N–H and O–H groups in total. The van der Waals surface area contributed by atoms with E-state index in [2.05, 4.69) is 16.0 Å². The summed E-state index contributed by atoms with van der Waals surface area (Å²) in [5, 5.41) is 8.23. The standard InChI is InChI=1S/C15H20ClN3O3/c1-10(2)14(21)18-7-6-17-13(20)9-19-15(22)11-4-3-5-12(16)8-11/h3-5,8,10H,6-7,9H2,1-2H3,(H,17,20)(H,18,21)(H,19,22). The van der Waals surface area contributed by atoms with Crippen molar-refractivity contribution < 1.29 is 14.4 Å². The Bertz CT molecular complexity index is 547. The van der Waals surface area contributed by atoms with Crippen LogP contribution in [0.25, 0.3) is 0 Å². The van der Waals surface area contributed by atoms with E-state index in [1.165, 1.54) is 6.07 Å². The summed E-state index contributed by atoms with van der Waals surface area (Å²) in [6.07, 6.45) is 0. The highest BCUT2D eigenvalue weighted by Gasteiger charge is 2.09. The third-order valence-corrected chi connectivity index (χ3v) is 3.00. The molecule has 0 heterocycles. The average molecular weight is 326 g/mol. The fourth-order valence-corrected chi connectivity index (χ4v) is 1.74. The van der Waals surface area contributed by atoms with Gasteiger partial charge in [0.15, 0.2) is 0 Å². The molecule has 6 nitrogen and oxygen atoms in total. The molecule has 0 aliphatic rings. The lowest BCUT2D eigenvalue weighted by Crippen LogP contribution is -2.41. The van der Waals surface area contributed by atoms with Gasteiger partial charge in [0.2, 0.25) is 11.8 Å². The van der Waals surface area contributed by atoms with Gasteiger partial charge in [0.25, 0.3) is 5.91 Å². The average Bonchev–Trinajstić information content (AvgIpc) is 2.48. The number of carbonyl (C=O) groups is 3. The van der Waals surface area contributed by atoms with Gasteiger partial charge in [-0.05, 0) is 18.2 Å². The molecule has 0 fully saturated rings. The zero-order chi connectivity index (χ0) is 16.5. The van der Waals surface area contributed by atoms with Crippen LogP contribution in [0.1, 0.15) is 24.2 Å². The summed E-state index contributed by atoms with van der Waals surface area (Å²) in [4.78, 5) is 34.6. The maximum atomic E-state index is 11.8. The number of benzene rings is 1. The maximum absolute atomic E-state index is 11.8. The van der Waals surface area contributed by atoms with Crippen molar-refractivity contribution in [2.75, 3.05) is 19.6 Å². The minimum atomic E-state index is -0.370. The fourth-order valence-electron chi connectivity index (χ4n) is 1.55. The van der Waals surface area contributed by atoms with E-state index in [1.54, 1.807) is 32.0 Å². The molecule has 0 unspecified atom stereocenters. The highest BCUT2D eigenvalue weighted by atomic mass is 35.5. The Morgan fingerprint density at radius 3 is 2.41 bits per heavy atom. The zero-order valence-corrected chi connectivity index (χ0v) is 13.4. The van der Waals surface area contributed by atoms with Crippen LogP contribution in [0.5, 0.6) is 0 Å². The summed E-state index contributed by atoms with van der Waals surface area (Å²) in [6.45, 7) is 4.11. The molecular weight excluding hydrogens is 306 g/mol. The van der Waals surface area contributed by atoms with Crippen molar-refractivity contribution in [1.82, 2.24) is 16.0 Å². The molecule has 0 bridgehead atoms. The maximum Gasteiger partial charge on any atom is 0.251 e. The van der Waals surface area contributed by atoms with Crippen LogP contribution in [0.3, 0.4) is 0 Å². The molecule has 0 radical (unpaired) electrons. The number of carbonyl (C=O) groups excluding carboxylic acids is 3. The molecule has 1 aromatic carbocycles. The lowest BCUT2D eigenvalue weighted by Gasteiger charge is -2.09. The predicted octanol–water partition coefficient (Wildman–Crippen LogP) is 0.958. The van der Waals surface area contributed by atoms with Gasteiger partial charge >= 0.3 is 0 Å². The van der Waals surface area contributed by atoms with E-state index >= 15 is 0 Å². The first kappa shape index (κ1) is 18.0. The molecule has 1 rings (SSSR count). The largest absolute Gasteiger partial charge is 0.354 e. The van der Waals surface area contributed by atoms with Crippen molar-refractivity contribution in [3.63, 3.8) is 0 Å². The van der Waals surface area contributed by atoms with Crippen molar-refractivity contribution >= 4 is 29.3 Å². The third-order valence-electron chi connectivity index (χ3n) is 2.77. The van der Waals surface area contributed by atoms with E-state index in [4.69, 9.17) is 11.6 Å². The molecule has 0 spiro atoms. The van der Waals surface area contributed by atoms with Gasteiger partial charge in [-0.1, -0.05) is 31.5 Å². The van der Waals surface area contributed by atoms with Gasteiger partial charge in [-0.25, -0.2) is 0 Å². The summed E-state index contributed by atoms with van der Waals surface area (Å²) >= 11 is 5.79. The molecule has 0 aliphatic heterocycles. The van der Waals surface area contributed by atoms with E-state index < -0.39 is 0 Å². The smallest absolute Gasteiger partial charge is 0.251 e. The molecular formula is C15H20ClN3O3. The van der Waals surface area contributed by atoms with Crippen molar-refractivity contribution in [3.8, 4) is 0 Å². The van der Waals surface area contributed by atoms with E-state index in [-0.39, 0.29) is 30.2 Å². The van der Waals surface area contributed by atoms with Crippen LogP contribution in [0.4, 0.5) is 0 Å². The molecule has 7 heteroatoms. The molecule has 0 atom stereocenters. The van der Waals surface area contributed by atoms with Crippen molar-refractivity contribution in [2.24, 2.45) is 5.92 Å². The number of amides is 3. The quantitative estimate of drug-likeness (QED) is 0.652. The Morgan fingerprint density at radius 1 is 1.09 bits per heavy atom. The summed E-state index contributed by atoms with van der Waals surface area (Å²) in [7, 11) is 0. The van der Waals surface area contributed by atoms with E-state index in [9.17, 15) is 14.4 Å². The minimum Gasteiger partial charge on any atom is -0.354 e. The van der Waals surface area contributed by atoms with Gasteiger partial charge in [0, 0.05) is 29.6 Å². The Labute approximate surface area is 134 Å². The molecule has 0 saturated carbocycles. The van der Waals surface area contributed by atoms with Crippen molar-refractivity contribution in [1.29, 1.82) is 0 Å². The Hall–Kier alpha value is -2.08. The minimum absolute atomic E-state index is 0.0662. The number of halogens is 1. The second-order valence-electron chi connectivity index (χ2n) is 4.99. The number of nitrogens with one attached hydrogen (secondary N) is 3. The second-order valence-corrected chi connectivity index (χ2v) is 5.43. The summed E-state index contributed by atoms with van der Waals surface area (Å²) < 4.78 is 0. The summed E-state index contributed by atoms with van der Waals surface area (Å²) in [6, 6.07) is 6.46. The first-order valence-corrected chi connectivity index (χ1v) is 7.36. The van der Waals surface area contributed by atoms with Crippen LogP contribution in [-0.2, 0) is 9.59 Å². The fraction of sp³-hybridized carbons (Fsp3) is 0.400. The first-order valence-electron chi connectivity index (χ1n) is 6.98. The zero-order valence-electron chi connectivity index (χ0n) is 12.6. The van der Waals surface area contributed by atoms with Crippen LogP contribution in [0.15, 0.2) is 24.3 Å². The Morgan fingerprint density at radius 2 is 1.77 bits per heavy atom. The lowest BCUT2D eigenvalue weighted by molar-refractivity contribution is -0.124. The van der Waals surface area contributed by atoms with Crippen LogP contribution < -0.4 is 16.0 Å². The van der Waals surface area contributed by atoms with Gasteiger partial charge in [-0.3, -0.25) is 14.4 Å². The second kappa shape index (κ2) is 9.04.